The van der Waals surface area contributed by atoms with Crippen LogP contribution in [0.4, 0.5) is 5.82 Å². The summed E-state index contributed by atoms with van der Waals surface area (Å²) in [5.74, 6) is 0.181. The number of rotatable bonds is 2. The van der Waals surface area contributed by atoms with Gasteiger partial charge in [0.1, 0.15) is 30.5 Å². The molecule has 112 valence electrons. The Morgan fingerprint density at radius 2 is 2.05 bits per heavy atom. The van der Waals surface area contributed by atoms with E-state index in [1.165, 1.54) is 18.5 Å². The second kappa shape index (κ2) is 5.04. The fraction of sp³-hybridized carbons (Fsp3) is 0.417. The average molecular weight is 294 g/mol. The largest absolute Gasteiger partial charge is 0.394 e. The predicted octanol–water partition coefficient (Wildman–Crippen LogP) is -2.01. The molecular weight excluding hydrogens is 280 g/mol. The zero-order valence-electron chi connectivity index (χ0n) is 10.8. The van der Waals surface area contributed by atoms with Crippen molar-refractivity contribution in [1.82, 2.24) is 14.5 Å². The first-order chi connectivity index (χ1) is 10.0. The lowest BCUT2D eigenvalue weighted by atomic mass is 10.1. The number of hydrogen-bond acceptors (Lipinski definition) is 8. The highest BCUT2D eigenvalue weighted by atomic mass is 16.6. The summed E-state index contributed by atoms with van der Waals surface area (Å²) in [6.45, 7) is -0.481. The Bertz CT molecular complexity index is 733. The van der Waals surface area contributed by atoms with E-state index in [0.717, 1.165) is 4.57 Å². The fourth-order valence-electron chi connectivity index (χ4n) is 2.43. The van der Waals surface area contributed by atoms with Crippen LogP contribution in [0.25, 0.3) is 11.0 Å². The molecule has 4 atom stereocenters. The molecule has 1 aliphatic heterocycles. The molecule has 2 unspecified atom stereocenters. The molecule has 0 aromatic carbocycles. The van der Waals surface area contributed by atoms with Gasteiger partial charge in [-0.2, -0.15) is 0 Å². The van der Waals surface area contributed by atoms with Gasteiger partial charge in [0, 0.05) is 6.07 Å². The third-order valence-corrected chi connectivity index (χ3v) is 3.52. The molecule has 2 aromatic rings. The van der Waals surface area contributed by atoms with Gasteiger partial charge in [0.05, 0.1) is 12.0 Å². The lowest BCUT2D eigenvalue weighted by Crippen LogP contribution is -2.35. The maximum absolute atomic E-state index is 12.1. The van der Waals surface area contributed by atoms with Crippen LogP contribution in [0.1, 0.15) is 6.23 Å². The van der Waals surface area contributed by atoms with E-state index in [4.69, 9.17) is 15.6 Å². The standard InChI is InChI=1S/C12H14N4O5/c13-10-5-1-2-7(18)16(11(5)15-4-14-10)12-9(20)8(19)6(3-17)21-12/h1-2,4,6,8-9,12,17,19-20H,3H2,(H2,13,14,15)/t6?,8-,9-,12?/m1/s1. The molecule has 1 aliphatic rings. The number of ether oxygens (including phenoxy) is 1. The highest BCUT2D eigenvalue weighted by molar-refractivity contribution is 5.85. The summed E-state index contributed by atoms with van der Waals surface area (Å²) >= 11 is 0. The summed E-state index contributed by atoms with van der Waals surface area (Å²) in [7, 11) is 0. The van der Waals surface area contributed by atoms with Crippen molar-refractivity contribution in [2.75, 3.05) is 12.3 Å². The van der Waals surface area contributed by atoms with Crippen LogP contribution in [0.15, 0.2) is 23.3 Å². The zero-order chi connectivity index (χ0) is 15.1. The molecule has 1 saturated heterocycles. The first-order valence-corrected chi connectivity index (χ1v) is 6.28. The van der Waals surface area contributed by atoms with E-state index in [0.29, 0.717) is 5.39 Å². The minimum atomic E-state index is -1.37. The molecule has 0 spiro atoms. The van der Waals surface area contributed by atoms with E-state index < -0.39 is 36.7 Å². The van der Waals surface area contributed by atoms with Gasteiger partial charge in [-0.1, -0.05) is 0 Å². The topological polar surface area (TPSA) is 144 Å². The average Bonchev–Trinajstić information content (AvgIpc) is 2.75. The first kappa shape index (κ1) is 13.9. The van der Waals surface area contributed by atoms with Crippen molar-refractivity contribution in [3.05, 3.63) is 28.8 Å². The van der Waals surface area contributed by atoms with Crippen LogP contribution in [0.3, 0.4) is 0 Å². The minimum Gasteiger partial charge on any atom is -0.394 e. The number of nitrogens with two attached hydrogens (primary N) is 1. The van der Waals surface area contributed by atoms with Crippen molar-refractivity contribution in [2.24, 2.45) is 0 Å². The summed E-state index contributed by atoms with van der Waals surface area (Å²) in [4.78, 5) is 19.9. The van der Waals surface area contributed by atoms with E-state index in [-0.39, 0.29) is 11.5 Å². The van der Waals surface area contributed by atoms with Gasteiger partial charge in [-0.05, 0) is 6.07 Å². The molecular formula is C12H14N4O5. The number of aromatic nitrogens is 3. The summed E-state index contributed by atoms with van der Waals surface area (Å²) in [6, 6.07) is 2.72. The molecule has 9 nitrogen and oxygen atoms in total. The second-order valence-corrected chi connectivity index (χ2v) is 4.77. The molecule has 0 amide bonds. The highest BCUT2D eigenvalue weighted by Gasteiger charge is 2.44. The summed E-state index contributed by atoms with van der Waals surface area (Å²) in [6.07, 6.45) is -3.63. The van der Waals surface area contributed by atoms with Gasteiger partial charge >= 0.3 is 0 Å². The van der Waals surface area contributed by atoms with Crippen molar-refractivity contribution in [2.45, 2.75) is 24.5 Å². The van der Waals surface area contributed by atoms with Crippen LogP contribution in [0, 0.1) is 0 Å². The third kappa shape index (κ3) is 2.07. The van der Waals surface area contributed by atoms with E-state index in [1.807, 2.05) is 0 Å². The quantitative estimate of drug-likeness (QED) is 0.497. The third-order valence-electron chi connectivity index (χ3n) is 3.52. The Labute approximate surface area is 118 Å². The number of pyridine rings is 1. The molecule has 0 radical (unpaired) electrons. The number of anilines is 1. The summed E-state index contributed by atoms with van der Waals surface area (Å²) < 4.78 is 6.46. The van der Waals surface area contributed by atoms with Crippen LogP contribution in [0.2, 0.25) is 0 Å². The lowest BCUT2D eigenvalue weighted by molar-refractivity contribution is -0.0524. The lowest BCUT2D eigenvalue weighted by Gasteiger charge is -2.19. The number of nitrogens with zero attached hydrogens (tertiary/aromatic N) is 3. The van der Waals surface area contributed by atoms with E-state index in [2.05, 4.69) is 9.97 Å². The van der Waals surface area contributed by atoms with E-state index in [9.17, 15) is 15.0 Å². The molecule has 21 heavy (non-hydrogen) atoms. The molecule has 3 heterocycles. The SMILES string of the molecule is Nc1ncnc2c1ccc(=O)n2C1OC(CO)[C@@H](O)[C@H]1O. The summed E-state index contributed by atoms with van der Waals surface area (Å²) in [5, 5.41) is 29.4. The van der Waals surface area contributed by atoms with Crippen molar-refractivity contribution >= 4 is 16.9 Å². The van der Waals surface area contributed by atoms with Crippen LogP contribution in [0.5, 0.6) is 0 Å². The Morgan fingerprint density at radius 1 is 1.29 bits per heavy atom. The number of aliphatic hydroxyl groups is 3. The summed E-state index contributed by atoms with van der Waals surface area (Å²) in [5.41, 5.74) is 5.44. The number of fused-ring (bicyclic) bond motifs is 1. The van der Waals surface area contributed by atoms with Crippen molar-refractivity contribution in [3.63, 3.8) is 0 Å². The van der Waals surface area contributed by atoms with Gasteiger partial charge in [0.2, 0.25) is 0 Å². The van der Waals surface area contributed by atoms with Gasteiger partial charge in [0.25, 0.3) is 5.56 Å². The first-order valence-electron chi connectivity index (χ1n) is 6.28. The van der Waals surface area contributed by atoms with Crippen LogP contribution >= 0.6 is 0 Å². The Morgan fingerprint density at radius 3 is 2.71 bits per heavy atom. The smallest absolute Gasteiger partial charge is 0.254 e. The molecule has 2 aromatic heterocycles. The maximum atomic E-state index is 12.1. The maximum Gasteiger partial charge on any atom is 0.254 e. The van der Waals surface area contributed by atoms with Crippen molar-refractivity contribution in [1.29, 1.82) is 0 Å². The van der Waals surface area contributed by atoms with Gasteiger partial charge in [0.15, 0.2) is 11.9 Å². The van der Waals surface area contributed by atoms with Crippen molar-refractivity contribution < 1.29 is 20.1 Å². The van der Waals surface area contributed by atoms with Crippen LogP contribution < -0.4 is 11.3 Å². The Kier molecular flexibility index (Phi) is 3.33. The van der Waals surface area contributed by atoms with Crippen LogP contribution in [-0.4, -0.2) is 54.8 Å². The molecule has 9 heteroatoms. The molecule has 5 N–H and O–H groups in total. The number of hydrogen-bond donors (Lipinski definition) is 4. The molecule has 0 aliphatic carbocycles. The second-order valence-electron chi connectivity index (χ2n) is 4.77. The molecule has 0 bridgehead atoms. The Balaban J connectivity index is 2.19. The van der Waals surface area contributed by atoms with E-state index in [1.54, 1.807) is 0 Å². The molecule has 0 saturated carbocycles. The Hall–Kier alpha value is -2.07. The van der Waals surface area contributed by atoms with Crippen molar-refractivity contribution in [3.8, 4) is 0 Å². The van der Waals surface area contributed by atoms with Gasteiger partial charge in [-0.3, -0.25) is 9.36 Å². The highest BCUT2D eigenvalue weighted by Crippen LogP contribution is 2.30. The van der Waals surface area contributed by atoms with Gasteiger partial charge in [-0.15, -0.1) is 0 Å². The monoisotopic (exact) mass is 294 g/mol. The van der Waals surface area contributed by atoms with E-state index >= 15 is 0 Å². The minimum absolute atomic E-state index is 0.181. The molecule has 3 rings (SSSR count). The molecule has 1 fully saturated rings. The van der Waals surface area contributed by atoms with Gasteiger partial charge in [-0.25, -0.2) is 9.97 Å². The van der Waals surface area contributed by atoms with Gasteiger partial charge < -0.3 is 25.8 Å². The fourth-order valence-corrected chi connectivity index (χ4v) is 2.43. The number of aliphatic hydroxyl groups excluding tert-OH is 3. The van der Waals surface area contributed by atoms with Crippen LogP contribution in [-0.2, 0) is 4.74 Å². The normalized spacial score (nSPS) is 29.1. The number of nitrogen functional groups attached to an aromatic ring is 1. The zero-order valence-corrected chi connectivity index (χ0v) is 10.8. The predicted molar refractivity (Wildman–Crippen MR) is 71.2 cm³/mol.